The van der Waals surface area contributed by atoms with Crippen molar-refractivity contribution in [2.45, 2.75) is 19.8 Å². The molecule has 0 atom stereocenters. The Morgan fingerprint density at radius 1 is 1.17 bits per heavy atom. The molecule has 0 aliphatic carbocycles. The van der Waals surface area contributed by atoms with Gasteiger partial charge in [-0.2, -0.15) is 4.98 Å². The summed E-state index contributed by atoms with van der Waals surface area (Å²) in [5.74, 6) is 5.62. The summed E-state index contributed by atoms with van der Waals surface area (Å²) in [6, 6.07) is 13.2. The Bertz CT molecular complexity index is 1150. The standard InChI is InChI=1S/C22H19ClN6O/c1-2-5-20(30)26-17-7-3-8-18(13-17)27-21-24-14-25-22(28-21)29-11-4-6-15-9-10-16(23)12-19(15)29/h3,7-10,12-14H,4,6,11H2,1H3,(H,26,30)(H,24,25,27,28). The van der Waals surface area contributed by atoms with E-state index in [1.54, 1.807) is 19.1 Å². The Morgan fingerprint density at radius 2 is 2.03 bits per heavy atom. The van der Waals surface area contributed by atoms with Crippen molar-refractivity contribution >= 4 is 46.5 Å². The maximum atomic E-state index is 11.7. The van der Waals surface area contributed by atoms with Crippen LogP contribution in [0.1, 0.15) is 18.9 Å². The second-order valence-corrected chi connectivity index (χ2v) is 7.11. The van der Waals surface area contributed by atoms with Crippen molar-refractivity contribution in [1.29, 1.82) is 0 Å². The Labute approximate surface area is 179 Å². The molecule has 4 rings (SSSR count). The van der Waals surface area contributed by atoms with Crippen LogP contribution in [0.5, 0.6) is 0 Å². The van der Waals surface area contributed by atoms with E-state index in [1.165, 1.54) is 11.9 Å². The van der Waals surface area contributed by atoms with Gasteiger partial charge in [0.25, 0.3) is 5.91 Å². The SMILES string of the molecule is CC#CC(=O)Nc1cccc(Nc2ncnc(N3CCCc4ccc(Cl)cc43)n2)c1. The van der Waals surface area contributed by atoms with Crippen LogP contribution in [0.15, 0.2) is 48.8 Å². The van der Waals surface area contributed by atoms with Gasteiger partial charge in [-0.1, -0.05) is 29.7 Å². The number of halogens is 1. The van der Waals surface area contributed by atoms with Crippen LogP contribution in [0.4, 0.5) is 29.0 Å². The number of carbonyl (C=O) groups excluding carboxylic acids is 1. The maximum Gasteiger partial charge on any atom is 0.300 e. The number of hydrogen-bond donors (Lipinski definition) is 2. The number of nitrogens with zero attached hydrogens (tertiary/aromatic N) is 4. The number of anilines is 5. The number of hydrogen-bond acceptors (Lipinski definition) is 6. The zero-order valence-corrected chi connectivity index (χ0v) is 17.1. The van der Waals surface area contributed by atoms with E-state index in [0.717, 1.165) is 30.8 Å². The minimum atomic E-state index is -0.362. The number of rotatable bonds is 4. The number of amides is 1. The lowest BCUT2D eigenvalue weighted by atomic mass is 10.0. The molecular formula is C22H19ClN6O. The molecule has 0 fully saturated rings. The lowest BCUT2D eigenvalue weighted by Gasteiger charge is -2.29. The molecule has 0 radical (unpaired) electrons. The molecule has 2 aromatic carbocycles. The largest absolute Gasteiger partial charge is 0.324 e. The summed E-state index contributed by atoms with van der Waals surface area (Å²) in [6.45, 7) is 2.42. The van der Waals surface area contributed by atoms with E-state index < -0.39 is 0 Å². The van der Waals surface area contributed by atoms with Gasteiger partial charge in [0, 0.05) is 28.6 Å². The third kappa shape index (κ3) is 4.50. The van der Waals surface area contributed by atoms with E-state index in [1.807, 2.05) is 30.3 Å². The summed E-state index contributed by atoms with van der Waals surface area (Å²) in [5, 5.41) is 6.56. The van der Waals surface area contributed by atoms with Gasteiger partial charge in [-0.25, -0.2) is 9.97 Å². The van der Waals surface area contributed by atoms with Crippen molar-refractivity contribution in [2.75, 3.05) is 22.1 Å². The lowest BCUT2D eigenvalue weighted by Crippen LogP contribution is -2.26. The fraction of sp³-hybridized carbons (Fsp3) is 0.182. The molecule has 2 N–H and O–H groups in total. The maximum absolute atomic E-state index is 11.7. The predicted octanol–water partition coefficient (Wildman–Crippen LogP) is 4.31. The van der Waals surface area contributed by atoms with E-state index in [9.17, 15) is 4.79 Å². The van der Waals surface area contributed by atoms with Crippen molar-refractivity contribution in [1.82, 2.24) is 15.0 Å². The van der Waals surface area contributed by atoms with E-state index >= 15 is 0 Å². The summed E-state index contributed by atoms with van der Waals surface area (Å²) >= 11 is 6.21. The second-order valence-electron chi connectivity index (χ2n) is 6.67. The number of fused-ring (bicyclic) bond motifs is 1. The molecule has 3 aromatic rings. The fourth-order valence-electron chi connectivity index (χ4n) is 3.31. The Balaban J connectivity index is 1.56. The molecule has 1 amide bonds. The van der Waals surface area contributed by atoms with Crippen LogP contribution >= 0.6 is 11.6 Å². The van der Waals surface area contributed by atoms with Gasteiger partial charge >= 0.3 is 0 Å². The smallest absolute Gasteiger partial charge is 0.300 e. The lowest BCUT2D eigenvalue weighted by molar-refractivity contribution is -0.111. The van der Waals surface area contributed by atoms with Crippen LogP contribution in [0, 0.1) is 11.8 Å². The molecule has 0 unspecified atom stereocenters. The first kappa shape index (κ1) is 19.7. The highest BCUT2D eigenvalue weighted by molar-refractivity contribution is 6.30. The third-order valence-corrected chi connectivity index (χ3v) is 4.82. The molecule has 0 saturated carbocycles. The molecule has 7 nitrogen and oxygen atoms in total. The van der Waals surface area contributed by atoms with Crippen molar-refractivity contribution < 1.29 is 4.79 Å². The first-order valence-corrected chi connectivity index (χ1v) is 9.86. The molecule has 0 spiro atoms. The first-order valence-electron chi connectivity index (χ1n) is 9.48. The number of carbonyl (C=O) groups is 1. The molecule has 1 aliphatic heterocycles. The van der Waals surface area contributed by atoms with Gasteiger partial charge in [0.1, 0.15) is 6.33 Å². The Kier molecular flexibility index (Phi) is 5.77. The minimum Gasteiger partial charge on any atom is -0.324 e. The number of benzene rings is 2. The molecule has 2 heterocycles. The van der Waals surface area contributed by atoms with Crippen LogP contribution < -0.4 is 15.5 Å². The first-order chi connectivity index (χ1) is 14.6. The molecular weight excluding hydrogens is 400 g/mol. The van der Waals surface area contributed by atoms with Crippen molar-refractivity contribution in [3.63, 3.8) is 0 Å². The molecule has 150 valence electrons. The molecule has 0 bridgehead atoms. The number of nitrogens with one attached hydrogen (secondary N) is 2. The van der Waals surface area contributed by atoms with E-state index in [-0.39, 0.29) is 5.91 Å². The van der Waals surface area contributed by atoms with Crippen LogP contribution in [0.25, 0.3) is 0 Å². The van der Waals surface area contributed by atoms with E-state index in [0.29, 0.717) is 22.6 Å². The quantitative estimate of drug-likeness (QED) is 0.614. The van der Waals surface area contributed by atoms with Gasteiger partial charge in [0.15, 0.2) is 0 Å². The highest BCUT2D eigenvalue weighted by atomic mass is 35.5. The van der Waals surface area contributed by atoms with Gasteiger partial charge < -0.3 is 15.5 Å². The number of aromatic nitrogens is 3. The van der Waals surface area contributed by atoms with Gasteiger partial charge in [-0.05, 0) is 61.6 Å². The van der Waals surface area contributed by atoms with Crippen molar-refractivity contribution in [3.8, 4) is 11.8 Å². The van der Waals surface area contributed by atoms with E-state index in [2.05, 4.69) is 42.3 Å². The predicted molar refractivity (Wildman–Crippen MR) is 118 cm³/mol. The molecule has 0 saturated heterocycles. The summed E-state index contributed by atoms with van der Waals surface area (Å²) in [6.07, 6.45) is 3.48. The average molecular weight is 419 g/mol. The fourth-order valence-corrected chi connectivity index (χ4v) is 3.48. The van der Waals surface area contributed by atoms with Gasteiger partial charge in [0.05, 0.1) is 0 Å². The Morgan fingerprint density at radius 3 is 2.90 bits per heavy atom. The number of aryl methyl sites for hydroxylation is 1. The van der Waals surface area contributed by atoms with Gasteiger partial charge in [0.2, 0.25) is 11.9 Å². The average Bonchev–Trinajstić information content (AvgIpc) is 2.74. The zero-order valence-electron chi connectivity index (χ0n) is 16.3. The summed E-state index contributed by atoms with van der Waals surface area (Å²) in [4.78, 5) is 26.9. The monoisotopic (exact) mass is 418 g/mol. The highest BCUT2D eigenvalue weighted by Crippen LogP contribution is 2.33. The van der Waals surface area contributed by atoms with Crippen molar-refractivity contribution in [3.05, 3.63) is 59.4 Å². The summed E-state index contributed by atoms with van der Waals surface area (Å²) < 4.78 is 0. The van der Waals surface area contributed by atoms with Gasteiger partial charge in [-0.15, -0.1) is 0 Å². The third-order valence-electron chi connectivity index (χ3n) is 4.58. The Hall–Kier alpha value is -3.63. The zero-order chi connectivity index (χ0) is 20.9. The molecule has 1 aromatic heterocycles. The summed E-state index contributed by atoms with van der Waals surface area (Å²) in [7, 11) is 0. The second kappa shape index (κ2) is 8.80. The highest BCUT2D eigenvalue weighted by Gasteiger charge is 2.21. The minimum absolute atomic E-state index is 0.362. The van der Waals surface area contributed by atoms with E-state index in [4.69, 9.17) is 11.6 Å². The topological polar surface area (TPSA) is 83.0 Å². The summed E-state index contributed by atoms with van der Waals surface area (Å²) in [5.41, 5.74) is 3.60. The van der Waals surface area contributed by atoms with Gasteiger partial charge in [-0.3, -0.25) is 4.79 Å². The van der Waals surface area contributed by atoms with Crippen LogP contribution in [0.3, 0.4) is 0 Å². The van der Waals surface area contributed by atoms with Crippen LogP contribution in [-0.2, 0) is 11.2 Å². The molecule has 8 heteroatoms. The van der Waals surface area contributed by atoms with Crippen molar-refractivity contribution in [2.24, 2.45) is 0 Å². The van der Waals surface area contributed by atoms with Crippen LogP contribution in [0.2, 0.25) is 5.02 Å². The van der Waals surface area contributed by atoms with Crippen LogP contribution in [-0.4, -0.2) is 27.4 Å². The normalized spacial score (nSPS) is 12.4. The molecule has 1 aliphatic rings. The molecule has 30 heavy (non-hydrogen) atoms.